The highest BCUT2D eigenvalue weighted by atomic mass is 32.2. The molecule has 3 rings (SSSR count). The van der Waals surface area contributed by atoms with Crippen LogP contribution in [0.15, 0.2) is 42.5 Å². The fourth-order valence-corrected chi connectivity index (χ4v) is 4.19. The van der Waals surface area contributed by atoms with E-state index in [0.717, 1.165) is 16.5 Å². The Hall–Kier alpha value is -2.01. The molecule has 1 amide bonds. The highest BCUT2D eigenvalue weighted by Gasteiger charge is 2.58. The van der Waals surface area contributed by atoms with Gasteiger partial charge in [0.2, 0.25) is 0 Å². The first-order valence-corrected chi connectivity index (χ1v) is 9.75. The van der Waals surface area contributed by atoms with Gasteiger partial charge in [-0.2, -0.15) is 11.8 Å². The van der Waals surface area contributed by atoms with Crippen LogP contribution in [0, 0.1) is 0 Å². The van der Waals surface area contributed by atoms with Gasteiger partial charge in [-0.25, -0.2) is 4.79 Å². The van der Waals surface area contributed by atoms with Crippen LogP contribution in [0.25, 0.3) is 10.8 Å². The maximum absolute atomic E-state index is 13.5. The Balaban J connectivity index is 2.10. The zero-order valence-electron chi connectivity index (χ0n) is 15.0. The molecule has 4 nitrogen and oxygen atoms in total. The van der Waals surface area contributed by atoms with Crippen LogP contribution in [0.2, 0.25) is 0 Å². The number of benzene rings is 2. The number of rotatable bonds is 4. The SMILES string of the molecule is CSCC[C@@]1(C)C(=O)OC(C)(C)N1C(=O)c1cccc2ccccc12. The zero-order chi connectivity index (χ0) is 18.2. The van der Waals surface area contributed by atoms with Gasteiger partial charge in [-0.05, 0) is 56.0 Å². The Morgan fingerprint density at radius 1 is 1.12 bits per heavy atom. The van der Waals surface area contributed by atoms with Crippen LogP contribution in [0.5, 0.6) is 0 Å². The summed E-state index contributed by atoms with van der Waals surface area (Å²) in [5.74, 6) is 0.275. The molecule has 1 atom stereocenters. The van der Waals surface area contributed by atoms with Crippen molar-refractivity contribution >= 4 is 34.4 Å². The third kappa shape index (κ3) is 2.91. The minimum Gasteiger partial charge on any atom is -0.438 e. The van der Waals surface area contributed by atoms with Crippen LogP contribution in [0.1, 0.15) is 37.6 Å². The molecule has 2 aromatic carbocycles. The number of carbonyl (C=O) groups excluding carboxylic acids is 2. The van der Waals surface area contributed by atoms with E-state index >= 15 is 0 Å². The van der Waals surface area contributed by atoms with Crippen LogP contribution >= 0.6 is 11.8 Å². The highest BCUT2D eigenvalue weighted by molar-refractivity contribution is 7.98. The first-order chi connectivity index (χ1) is 11.8. The number of amides is 1. The lowest BCUT2D eigenvalue weighted by Gasteiger charge is -2.37. The molecule has 1 fully saturated rings. The van der Waals surface area contributed by atoms with Gasteiger partial charge in [0.1, 0.15) is 5.54 Å². The Bertz CT molecular complexity index is 827. The summed E-state index contributed by atoms with van der Waals surface area (Å²) in [6.45, 7) is 5.36. The van der Waals surface area contributed by atoms with Gasteiger partial charge in [-0.1, -0.05) is 36.4 Å². The van der Waals surface area contributed by atoms with E-state index in [0.29, 0.717) is 12.0 Å². The van der Waals surface area contributed by atoms with Gasteiger partial charge in [0.25, 0.3) is 5.91 Å². The topological polar surface area (TPSA) is 46.6 Å². The summed E-state index contributed by atoms with van der Waals surface area (Å²) in [5, 5.41) is 1.89. The van der Waals surface area contributed by atoms with Crippen molar-refractivity contribution in [1.82, 2.24) is 4.90 Å². The lowest BCUT2D eigenvalue weighted by Crippen LogP contribution is -2.55. The molecule has 25 heavy (non-hydrogen) atoms. The standard InChI is InChI=1S/C20H23NO3S/c1-19(2)21(20(3,12-13-25-4)18(23)24-19)17(22)16-11-7-9-14-8-5-6-10-15(14)16/h5-11H,12-13H2,1-4H3/t20-/m0/s1. The van der Waals surface area contributed by atoms with Gasteiger partial charge < -0.3 is 4.74 Å². The number of cyclic esters (lactones) is 1. The van der Waals surface area contributed by atoms with Crippen molar-refractivity contribution in [1.29, 1.82) is 0 Å². The van der Waals surface area contributed by atoms with Crippen LogP contribution in [0.4, 0.5) is 0 Å². The van der Waals surface area contributed by atoms with E-state index < -0.39 is 11.3 Å². The van der Waals surface area contributed by atoms with E-state index in [1.54, 1.807) is 30.5 Å². The Labute approximate surface area is 152 Å². The fraction of sp³-hybridized carbons (Fsp3) is 0.400. The lowest BCUT2D eigenvalue weighted by molar-refractivity contribution is -0.149. The molecule has 0 radical (unpaired) electrons. The highest BCUT2D eigenvalue weighted by Crippen LogP contribution is 2.40. The van der Waals surface area contributed by atoms with Gasteiger partial charge in [-0.3, -0.25) is 9.69 Å². The molecule has 5 heteroatoms. The number of esters is 1. The quantitative estimate of drug-likeness (QED) is 0.774. The summed E-state index contributed by atoms with van der Waals surface area (Å²) < 4.78 is 5.59. The minimum absolute atomic E-state index is 0.170. The molecule has 0 N–H and O–H groups in total. The lowest BCUT2D eigenvalue weighted by atomic mass is 9.94. The van der Waals surface area contributed by atoms with Gasteiger partial charge in [0, 0.05) is 5.56 Å². The van der Waals surface area contributed by atoms with E-state index in [2.05, 4.69) is 0 Å². The predicted molar refractivity (Wildman–Crippen MR) is 102 cm³/mol. The summed E-state index contributed by atoms with van der Waals surface area (Å²) in [6, 6.07) is 13.5. The summed E-state index contributed by atoms with van der Waals surface area (Å²) in [6.07, 6.45) is 2.55. The van der Waals surface area contributed by atoms with E-state index in [1.807, 2.05) is 55.6 Å². The van der Waals surface area contributed by atoms with Crippen molar-refractivity contribution in [3.63, 3.8) is 0 Å². The Kier molecular flexibility index (Phi) is 4.54. The molecular formula is C20H23NO3S. The molecule has 0 spiro atoms. The van der Waals surface area contributed by atoms with Gasteiger partial charge in [0.05, 0.1) is 0 Å². The smallest absolute Gasteiger partial charge is 0.334 e. The third-order valence-electron chi connectivity index (χ3n) is 4.83. The van der Waals surface area contributed by atoms with Crippen LogP contribution in [-0.2, 0) is 9.53 Å². The van der Waals surface area contributed by atoms with Crippen molar-refractivity contribution in [3.05, 3.63) is 48.0 Å². The molecule has 0 unspecified atom stereocenters. The van der Waals surface area contributed by atoms with Gasteiger partial charge in [0.15, 0.2) is 5.72 Å². The maximum Gasteiger partial charge on any atom is 0.334 e. The van der Waals surface area contributed by atoms with Crippen LogP contribution in [0.3, 0.4) is 0 Å². The van der Waals surface area contributed by atoms with E-state index in [4.69, 9.17) is 4.74 Å². The largest absolute Gasteiger partial charge is 0.438 e. The first-order valence-electron chi connectivity index (χ1n) is 8.36. The summed E-state index contributed by atoms with van der Waals surface area (Å²) >= 11 is 1.66. The second kappa shape index (κ2) is 6.37. The third-order valence-corrected chi connectivity index (χ3v) is 5.44. The van der Waals surface area contributed by atoms with Crippen molar-refractivity contribution in [3.8, 4) is 0 Å². The molecule has 1 aliphatic rings. The monoisotopic (exact) mass is 357 g/mol. The Morgan fingerprint density at radius 3 is 2.52 bits per heavy atom. The number of thioether (sulfide) groups is 1. The van der Waals surface area contributed by atoms with Gasteiger partial charge in [-0.15, -0.1) is 0 Å². The second-order valence-electron chi connectivity index (χ2n) is 7.02. The van der Waals surface area contributed by atoms with E-state index in [-0.39, 0.29) is 11.9 Å². The number of hydrogen-bond acceptors (Lipinski definition) is 4. The maximum atomic E-state index is 13.5. The van der Waals surface area contributed by atoms with Crippen molar-refractivity contribution in [2.75, 3.05) is 12.0 Å². The number of fused-ring (bicyclic) bond motifs is 1. The summed E-state index contributed by atoms with van der Waals surface area (Å²) in [4.78, 5) is 27.7. The zero-order valence-corrected chi connectivity index (χ0v) is 15.9. The number of nitrogens with zero attached hydrogens (tertiary/aromatic N) is 1. The molecule has 1 heterocycles. The predicted octanol–water partition coefficient (Wildman–Crippen LogP) is 4.09. The number of carbonyl (C=O) groups is 2. The molecular weight excluding hydrogens is 334 g/mol. The molecule has 2 aromatic rings. The fourth-order valence-electron chi connectivity index (χ4n) is 3.58. The molecule has 0 saturated carbocycles. The summed E-state index contributed by atoms with van der Waals surface area (Å²) in [7, 11) is 0. The van der Waals surface area contributed by atoms with Crippen molar-refractivity contribution < 1.29 is 14.3 Å². The average molecular weight is 357 g/mol. The van der Waals surface area contributed by atoms with Crippen molar-refractivity contribution in [2.24, 2.45) is 0 Å². The second-order valence-corrected chi connectivity index (χ2v) is 8.01. The molecule has 0 aliphatic carbocycles. The first kappa shape index (κ1) is 17.8. The summed E-state index contributed by atoms with van der Waals surface area (Å²) in [5.41, 5.74) is -1.33. The molecule has 132 valence electrons. The molecule has 0 aromatic heterocycles. The van der Waals surface area contributed by atoms with Crippen LogP contribution in [-0.4, -0.2) is 40.0 Å². The van der Waals surface area contributed by atoms with E-state index in [9.17, 15) is 9.59 Å². The average Bonchev–Trinajstić information content (AvgIpc) is 2.76. The van der Waals surface area contributed by atoms with Crippen molar-refractivity contribution in [2.45, 2.75) is 38.5 Å². The number of hydrogen-bond donors (Lipinski definition) is 0. The molecule has 1 saturated heterocycles. The van der Waals surface area contributed by atoms with Crippen LogP contribution < -0.4 is 0 Å². The molecule has 1 aliphatic heterocycles. The van der Waals surface area contributed by atoms with Gasteiger partial charge >= 0.3 is 5.97 Å². The normalized spacial score (nSPS) is 22.2. The number of ether oxygens (including phenoxy) is 1. The molecule has 0 bridgehead atoms. The minimum atomic E-state index is -0.974. The Morgan fingerprint density at radius 2 is 1.80 bits per heavy atom. The van der Waals surface area contributed by atoms with E-state index in [1.165, 1.54) is 0 Å².